The monoisotopic (exact) mass is 431 g/mol. The molecule has 0 fully saturated rings. The number of thiophene rings is 1. The number of rotatable bonds is 2. The standard InChI is InChI=1S/C12H7Br2F4NS/c13-7-4-8(20-11(7)14)10(19)5-2-1-3-6(9(5)15)12(16,17)18/h1-4,10H,19H2. The second-order valence-electron chi connectivity index (χ2n) is 3.95. The minimum Gasteiger partial charge on any atom is -0.320 e. The van der Waals surface area contributed by atoms with Crippen molar-refractivity contribution in [3.05, 3.63) is 54.3 Å². The minimum absolute atomic E-state index is 0.180. The molecule has 1 nitrogen and oxygen atoms in total. The molecule has 0 saturated heterocycles. The fourth-order valence-electron chi connectivity index (χ4n) is 1.68. The van der Waals surface area contributed by atoms with Crippen LogP contribution in [0.3, 0.4) is 0 Å². The first-order chi connectivity index (χ1) is 9.21. The number of nitrogens with two attached hydrogens (primary N) is 1. The summed E-state index contributed by atoms with van der Waals surface area (Å²) >= 11 is 7.76. The lowest BCUT2D eigenvalue weighted by Crippen LogP contribution is -2.16. The fourth-order valence-corrected chi connectivity index (χ4v) is 3.79. The maximum atomic E-state index is 14.0. The van der Waals surface area contributed by atoms with Crippen molar-refractivity contribution in [3.63, 3.8) is 0 Å². The van der Waals surface area contributed by atoms with Crippen molar-refractivity contribution in [1.29, 1.82) is 0 Å². The Morgan fingerprint density at radius 3 is 2.35 bits per heavy atom. The van der Waals surface area contributed by atoms with E-state index in [-0.39, 0.29) is 5.56 Å². The van der Waals surface area contributed by atoms with E-state index in [1.165, 1.54) is 17.4 Å². The van der Waals surface area contributed by atoms with Crippen molar-refractivity contribution in [2.75, 3.05) is 0 Å². The van der Waals surface area contributed by atoms with Crippen LogP contribution in [0.5, 0.6) is 0 Å². The van der Waals surface area contributed by atoms with Gasteiger partial charge in [0.1, 0.15) is 5.82 Å². The number of benzene rings is 1. The highest BCUT2D eigenvalue weighted by Crippen LogP contribution is 2.39. The van der Waals surface area contributed by atoms with Crippen molar-refractivity contribution in [3.8, 4) is 0 Å². The molecule has 0 bridgehead atoms. The van der Waals surface area contributed by atoms with Gasteiger partial charge in [0, 0.05) is 14.9 Å². The van der Waals surface area contributed by atoms with Gasteiger partial charge in [-0.15, -0.1) is 11.3 Å². The van der Waals surface area contributed by atoms with E-state index in [2.05, 4.69) is 31.9 Å². The Hall–Kier alpha value is -0.440. The molecule has 20 heavy (non-hydrogen) atoms. The van der Waals surface area contributed by atoms with Crippen molar-refractivity contribution >= 4 is 43.2 Å². The van der Waals surface area contributed by atoms with Gasteiger partial charge in [-0.1, -0.05) is 12.1 Å². The summed E-state index contributed by atoms with van der Waals surface area (Å²) in [6.07, 6.45) is -4.74. The molecule has 1 atom stereocenters. The van der Waals surface area contributed by atoms with E-state index >= 15 is 0 Å². The SMILES string of the molecule is NC(c1cc(Br)c(Br)s1)c1cccc(C(F)(F)F)c1F. The van der Waals surface area contributed by atoms with Crippen LogP contribution < -0.4 is 5.73 Å². The molecule has 0 aliphatic rings. The first kappa shape index (κ1) is 15.9. The zero-order valence-corrected chi connectivity index (χ0v) is 13.6. The molecule has 1 aromatic heterocycles. The predicted molar refractivity (Wildman–Crippen MR) is 77.2 cm³/mol. The van der Waals surface area contributed by atoms with Gasteiger partial charge in [-0.05, 0) is 44.0 Å². The van der Waals surface area contributed by atoms with Crippen LogP contribution in [0.25, 0.3) is 0 Å². The average Bonchev–Trinajstić information content (AvgIpc) is 2.67. The molecule has 2 rings (SSSR count). The van der Waals surface area contributed by atoms with Gasteiger partial charge in [-0.25, -0.2) is 4.39 Å². The summed E-state index contributed by atoms with van der Waals surface area (Å²) in [5, 5.41) is 0. The van der Waals surface area contributed by atoms with Gasteiger partial charge in [0.25, 0.3) is 0 Å². The van der Waals surface area contributed by atoms with Crippen LogP contribution in [0.15, 0.2) is 32.5 Å². The Balaban J connectivity index is 2.48. The van der Waals surface area contributed by atoms with Crippen LogP contribution in [0.2, 0.25) is 0 Å². The van der Waals surface area contributed by atoms with Crippen LogP contribution in [-0.2, 0) is 6.18 Å². The Labute approximate surface area is 133 Å². The molecule has 2 N–H and O–H groups in total. The largest absolute Gasteiger partial charge is 0.419 e. The molecule has 0 amide bonds. The molecule has 0 saturated carbocycles. The highest BCUT2D eigenvalue weighted by atomic mass is 79.9. The van der Waals surface area contributed by atoms with Gasteiger partial charge >= 0.3 is 6.18 Å². The van der Waals surface area contributed by atoms with E-state index in [9.17, 15) is 17.6 Å². The number of hydrogen-bond donors (Lipinski definition) is 1. The summed E-state index contributed by atoms with van der Waals surface area (Å²) in [4.78, 5) is 0.557. The fraction of sp³-hybridized carbons (Fsp3) is 0.167. The Morgan fingerprint density at radius 1 is 1.20 bits per heavy atom. The van der Waals surface area contributed by atoms with E-state index in [0.717, 1.165) is 14.3 Å². The summed E-state index contributed by atoms with van der Waals surface area (Å²) in [6, 6.07) is 3.81. The number of halogens is 6. The summed E-state index contributed by atoms with van der Waals surface area (Å²) in [6.45, 7) is 0. The van der Waals surface area contributed by atoms with Crippen LogP contribution in [-0.4, -0.2) is 0 Å². The molecular formula is C12H7Br2F4NS. The Kier molecular flexibility index (Phi) is 4.58. The molecule has 1 heterocycles. The summed E-state index contributed by atoms with van der Waals surface area (Å²) < 4.78 is 53.5. The molecule has 1 aromatic carbocycles. The lowest BCUT2D eigenvalue weighted by atomic mass is 10.0. The van der Waals surface area contributed by atoms with Gasteiger partial charge in [-0.3, -0.25) is 0 Å². The summed E-state index contributed by atoms with van der Waals surface area (Å²) in [7, 11) is 0. The molecular weight excluding hydrogens is 426 g/mol. The topological polar surface area (TPSA) is 26.0 Å². The van der Waals surface area contributed by atoms with Crippen LogP contribution in [0, 0.1) is 5.82 Å². The van der Waals surface area contributed by atoms with E-state index in [0.29, 0.717) is 10.9 Å². The first-order valence-corrected chi connectivity index (χ1v) is 7.68. The molecule has 108 valence electrons. The minimum atomic E-state index is -4.74. The molecule has 0 aliphatic carbocycles. The summed E-state index contributed by atoms with van der Waals surface area (Å²) in [5.41, 5.74) is 4.39. The lowest BCUT2D eigenvalue weighted by Gasteiger charge is -2.15. The van der Waals surface area contributed by atoms with Gasteiger partial charge < -0.3 is 5.73 Å². The molecule has 2 aromatic rings. The second kappa shape index (κ2) is 5.75. The van der Waals surface area contributed by atoms with Gasteiger partial charge in [0.05, 0.1) is 15.4 Å². The molecule has 0 aliphatic heterocycles. The number of hydrogen-bond acceptors (Lipinski definition) is 2. The Bertz CT molecular complexity index is 619. The maximum absolute atomic E-state index is 14.0. The van der Waals surface area contributed by atoms with Gasteiger partial charge in [0.15, 0.2) is 0 Å². The van der Waals surface area contributed by atoms with E-state index in [1.54, 1.807) is 6.07 Å². The molecule has 0 spiro atoms. The summed E-state index contributed by atoms with van der Waals surface area (Å²) in [5.74, 6) is -1.33. The maximum Gasteiger partial charge on any atom is 0.419 e. The highest BCUT2D eigenvalue weighted by Gasteiger charge is 2.35. The third-order valence-corrected chi connectivity index (χ3v) is 5.98. The lowest BCUT2D eigenvalue weighted by molar-refractivity contribution is -0.140. The Morgan fingerprint density at radius 2 is 1.85 bits per heavy atom. The zero-order chi connectivity index (χ0) is 15.1. The van der Waals surface area contributed by atoms with E-state index < -0.39 is 23.6 Å². The predicted octanol–water partition coefficient (Wildman–Crippen LogP) is 5.48. The second-order valence-corrected chi connectivity index (χ2v) is 7.21. The van der Waals surface area contributed by atoms with Crippen molar-refractivity contribution in [2.24, 2.45) is 5.73 Å². The van der Waals surface area contributed by atoms with Crippen molar-refractivity contribution in [1.82, 2.24) is 0 Å². The third kappa shape index (κ3) is 3.08. The van der Waals surface area contributed by atoms with Gasteiger partial charge in [0.2, 0.25) is 0 Å². The van der Waals surface area contributed by atoms with E-state index in [1.807, 2.05) is 0 Å². The van der Waals surface area contributed by atoms with Crippen LogP contribution in [0.4, 0.5) is 17.6 Å². The van der Waals surface area contributed by atoms with Crippen molar-refractivity contribution in [2.45, 2.75) is 12.2 Å². The van der Waals surface area contributed by atoms with Gasteiger partial charge in [-0.2, -0.15) is 13.2 Å². The first-order valence-electron chi connectivity index (χ1n) is 5.27. The quantitative estimate of drug-likeness (QED) is 0.625. The van der Waals surface area contributed by atoms with Crippen molar-refractivity contribution < 1.29 is 17.6 Å². The third-order valence-electron chi connectivity index (χ3n) is 2.64. The van der Waals surface area contributed by atoms with E-state index in [4.69, 9.17) is 5.73 Å². The zero-order valence-electron chi connectivity index (χ0n) is 9.64. The molecule has 8 heteroatoms. The molecule has 1 unspecified atom stereocenters. The average molecular weight is 433 g/mol. The smallest absolute Gasteiger partial charge is 0.320 e. The van der Waals surface area contributed by atoms with Crippen LogP contribution >= 0.6 is 43.2 Å². The molecule has 0 radical (unpaired) electrons. The normalized spacial score (nSPS) is 13.6. The highest BCUT2D eigenvalue weighted by molar-refractivity contribution is 9.13. The van der Waals surface area contributed by atoms with Crippen LogP contribution in [0.1, 0.15) is 22.0 Å². The number of alkyl halides is 3.